The number of nitrogens with two attached hydrogens (primary N) is 1. The van der Waals surface area contributed by atoms with Crippen molar-refractivity contribution < 1.29 is 9.47 Å². The highest BCUT2D eigenvalue weighted by molar-refractivity contribution is 5.33. The fourth-order valence-electron chi connectivity index (χ4n) is 2.40. The zero-order valence-corrected chi connectivity index (χ0v) is 10.4. The third-order valence-electron chi connectivity index (χ3n) is 3.45. The van der Waals surface area contributed by atoms with E-state index in [4.69, 9.17) is 15.2 Å². The topological polar surface area (TPSA) is 44.5 Å². The lowest BCUT2D eigenvalue weighted by Crippen LogP contribution is -2.37. The molecule has 0 radical (unpaired) electrons. The summed E-state index contributed by atoms with van der Waals surface area (Å²) in [7, 11) is 1.70. The quantitative estimate of drug-likeness (QED) is 0.868. The molecule has 1 aliphatic rings. The van der Waals surface area contributed by atoms with E-state index in [-0.39, 0.29) is 6.04 Å². The second-order valence-electron chi connectivity index (χ2n) is 4.66. The Hall–Kier alpha value is -1.06. The van der Waals surface area contributed by atoms with E-state index >= 15 is 0 Å². The molecule has 0 aromatic heterocycles. The fourth-order valence-corrected chi connectivity index (χ4v) is 2.40. The van der Waals surface area contributed by atoms with E-state index < -0.39 is 0 Å². The van der Waals surface area contributed by atoms with Crippen molar-refractivity contribution in [2.45, 2.75) is 25.3 Å². The molecule has 0 saturated carbocycles. The van der Waals surface area contributed by atoms with Gasteiger partial charge < -0.3 is 15.2 Å². The third-order valence-corrected chi connectivity index (χ3v) is 3.45. The van der Waals surface area contributed by atoms with E-state index in [0.29, 0.717) is 5.92 Å². The molecule has 3 heteroatoms. The molecule has 94 valence electrons. The maximum absolute atomic E-state index is 6.27. The van der Waals surface area contributed by atoms with E-state index in [1.807, 2.05) is 18.2 Å². The molecule has 2 rings (SSSR count). The molecule has 17 heavy (non-hydrogen) atoms. The Morgan fingerprint density at radius 3 is 3.00 bits per heavy atom. The molecule has 2 N–H and O–H groups in total. The highest BCUT2D eigenvalue weighted by atomic mass is 16.5. The first kappa shape index (κ1) is 12.4. The Kier molecular flexibility index (Phi) is 4.40. The molecule has 1 aromatic carbocycles. The number of hydrogen-bond donors (Lipinski definition) is 1. The van der Waals surface area contributed by atoms with Gasteiger partial charge in [0, 0.05) is 12.6 Å². The smallest absolute Gasteiger partial charge is 0.122 e. The molecule has 1 aromatic rings. The van der Waals surface area contributed by atoms with Crippen molar-refractivity contribution in [2.24, 2.45) is 11.7 Å². The maximum atomic E-state index is 6.27. The molecule has 0 spiro atoms. The summed E-state index contributed by atoms with van der Waals surface area (Å²) in [6.07, 6.45) is 3.17. The van der Waals surface area contributed by atoms with Gasteiger partial charge in [-0.1, -0.05) is 18.2 Å². The van der Waals surface area contributed by atoms with Crippen molar-refractivity contribution in [1.82, 2.24) is 0 Å². The maximum Gasteiger partial charge on any atom is 0.122 e. The second-order valence-corrected chi connectivity index (χ2v) is 4.66. The number of hydrogen-bond acceptors (Lipinski definition) is 3. The Labute approximate surface area is 103 Å². The first-order valence-electron chi connectivity index (χ1n) is 6.26. The van der Waals surface area contributed by atoms with Crippen LogP contribution in [0.5, 0.6) is 5.75 Å². The van der Waals surface area contributed by atoms with Gasteiger partial charge in [-0.15, -0.1) is 0 Å². The number of methoxy groups -OCH3 is 1. The molecule has 0 amide bonds. The molecule has 1 fully saturated rings. The molecule has 0 aliphatic carbocycles. The lowest BCUT2D eigenvalue weighted by molar-refractivity contribution is 0.0449. The summed E-state index contributed by atoms with van der Waals surface area (Å²) >= 11 is 0. The predicted octanol–water partition coefficient (Wildman–Crippen LogP) is 1.99. The largest absolute Gasteiger partial charge is 0.496 e. The van der Waals surface area contributed by atoms with Gasteiger partial charge in [0.05, 0.1) is 13.7 Å². The first-order valence-corrected chi connectivity index (χ1v) is 6.26. The number of benzene rings is 1. The molecule has 3 nitrogen and oxygen atoms in total. The van der Waals surface area contributed by atoms with E-state index in [1.54, 1.807) is 7.11 Å². The van der Waals surface area contributed by atoms with Crippen molar-refractivity contribution in [3.05, 3.63) is 29.8 Å². The minimum atomic E-state index is 0.159. The van der Waals surface area contributed by atoms with Crippen molar-refractivity contribution in [3.63, 3.8) is 0 Å². The summed E-state index contributed by atoms with van der Waals surface area (Å²) in [6, 6.07) is 8.24. The molecule has 1 saturated heterocycles. The lowest BCUT2D eigenvalue weighted by atomic mass is 9.90. The van der Waals surface area contributed by atoms with Crippen LogP contribution in [-0.4, -0.2) is 26.4 Å². The zero-order chi connectivity index (χ0) is 12.1. The van der Waals surface area contributed by atoms with Gasteiger partial charge in [-0.2, -0.15) is 0 Å². The molecular formula is C14H21NO2. The van der Waals surface area contributed by atoms with E-state index in [2.05, 4.69) is 6.07 Å². The van der Waals surface area contributed by atoms with Crippen LogP contribution in [-0.2, 0) is 11.2 Å². The van der Waals surface area contributed by atoms with E-state index in [1.165, 1.54) is 12.0 Å². The SMILES string of the molecule is COc1ccccc1CC(N)C1CCCOC1. The Morgan fingerprint density at radius 1 is 1.47 bits per heavy atom. The zero-order valence-electron chi connectivity index (χ0n) is 10.4. The van der Waals surface area contributed by atoms with Crippen molar-refractivity contribution in [3.8, 4) is 5.75 Å². The Morgan fingerprint density at radius 2 is 2.29 bits per heavy atom. The highest BCUT2D eigenvalue weighted by Gasteiger charge is 2.22. The van der Waals surface area contributed by atoms with Gasteiger partial charge in [0.2, 0.25) is 0 Å². The number of rotatable bonds is 4. The van der Waals surface area contributed by atoms with Crippen LogP contribution in [0.15, 0.2) is 24.3 Å². The van der Waals surface area contributed by atoms with Crippen LogP contribution in [0.1, 0.15) is 18.4 Å². The minimum absolute atomic E-state index is 0.159. The van der Waals surface area contributed by atoms with Gasteiger partial charge in [-0.25, -0.2) is 0 Å². The molecular weight excluding hydrogens is 214 g/mol. The monoisotopic (exact) mass is 235 g/mol. The Balaban J connectivity index is 1.99. The Bertz CT molecular complexity index is 348. The summed E-state index contributed by atoms with van der Waals surface area (Å²) in [6.45, 7) is 1.69. The number of ether oxygens (including phenoxy) is 2. The summed E-state index contributed by atoms with van der Waals surface area (Å²) in [5.74, 6) is 1.41. The number of para-hydroxylation sites is 1. The molecule has 2 unspecified atom stereocenters. The van der Waals surface area contributed by atoms with Gasteiger partial charge in [-0.05, 0) is 36.8 Å². The summed E-state index contributed by atoms with van der Waals surface area (Å²) in [4.78, 5) is 0. The van der Waals surface area contributed by atoms with Gasteiger partial charge in [0.15, 0.2) is 0 Å². The lowest BCUT2D eigenvalue weighted by Gasteiger charge is -2.27. The normalized spacial score (nSPS) is 22.1. The van der Waals surface area contributed by atoms with Crippen LogP contribution in [0.25, 0.3) is 0 Å². The molecule has 2 atom stereocenters. The van der Waals surface area contributed by atoms with Gasteiger partial charge >= 0.3 is 0 Å². The van der Waals surface area contributed by atoms with Gasteiger partial charge in [-0.3, -0.25) is 0 Å². The van der Waals surface area contributed by atoms with Crippen LogP contribution in [0.2, 0.25) is 0 Å². The summed E-state index contributed by atoms with van der Waals surface area (Å²) < 4.78 is 10.8. The van der Waals surface area contributed by atoms with Crippen LogP contribution in [0.3, 0.4) is 0 Å². The molecule has 0 bridgehead atoms. The average molecular weight is 235 g/mol. The standard InChI is InChI=1S/C14H21NO2/c1-16-14-7-3-2-5-11(14)9-13(15)12-6-4-8-17-10-12/h2-3,5,7,12-13H,4,6,8-10,15H2,1H3. The summed E-state index contributed by atoms with van der Waals surface area (Å²) in [5.41, 5.74) is 7.46. The minimum Gasteiger partial charge on any atom is -0.496 e. The second kappa shape index (κ2) is 6.03. The van der Waals surface area contributed by atoms with Crippen molar-refractivity contribution >= 4 is 0 Å². The molecule has 1 heterocycles. The van der Waals surface area contributed by atoms with Crippen LogP contribution in [0, 0.1) is 5.92 Å². The predicted molar refractivity (Wildman–Crippen MR) is 68.2 cm³/mol. The van der Waals surface area contributed by atoms with Crippen molar-refractivity contribution in [1.29, 1.82) is 0 Å². The van der Waals surface area contributed by atoms with Gasteiger partial charge in [0.1, 0.15) is 5.75 Å². The van der Waals surface area contributed by atoms with Crippen LogP contribution < -0.4 is 10.5 Å². The van der Waals surface area contributed by atoms with Crippen LogP contribution in [0.4, 0.5) is 0 Å². The third kappa shape index (κ3) is 3.20. The average Bonchev–Trinajstić information content (AvgIpc) is 2.40. The van der Waals surface area contributed by atoms with E-state index in [9.17, 15) is 0 Å². The fraction of sp³-hybridized carbons (Fsp3) is 0.571. The highest BCUT2D eigenvalue weighted by Crippen LogP contribution is 2.23. The summed E-state index contributed by atoms with van der Waals surface area (Å²) in [5, 5.41) is 0. The van der Waals surface area contributed by atoms with Gasteiger partial charge in [0.25, 0.3) is 0 Å². The van der Waals surface area contributed by atoms with Crippen LogP contribution >= 0.6 is 0 Å². The first-order chi connectivity index (χ1) is 8.31. The van der Waals surface area contributed by atoms with Crippen molar-refractivity contribution in [2.75, 3.05) is 20.3 Å². The van der Waals surface area contributed by atoms with E-state index in [0.717, 1.165) is 31.8 Å². The molecule has 1 aliphatic heterocycles.